The van der Waals surface area contributed by atoms with E-state index >= 15 is 0 Å². The second-order valence-corrected chi connectivity index (χ2v) is 3.74. The van der Waals surface area contributed by atoms with Gasteiger partial charge in [-0.05, 0) is 24.1 Å². The molecule has 2 aromatic rings. The Hall–Kier alpha value is -1.69. The molecule has 2 heterocycles. The van der Waals surface area contributed by atoms with Crippen LogP contribution in [-0.2, 0) is 6.42 Å². The topological polar surface area (TPSA) is 76.7 Å². The first-order chi connectivity index (χ1) is 7.34. The highest BCUT2D eigenvalue weighted by Gasteiger charge is 1.98. The van der Waals surface area contributed by atoms with Crippen LogP contribution in [0, 0.1) is 0 Å². The van der Waals surface area contributed by atoms with Crippen LogP contribution in [0.1, 0.15) is 5.56 Å². The Kier molecular flexibility index (Phi) is 3.08. The maximum atomic E-state index is 5.40. The molecule has 3 N–H and O–H groups in total. The predicted molar refractivity (Wildman–Crippen MR) is 60.8 cm³/mol. The van der Waals surface area contributed by atoms with E-state index in [-0.39, 0.29) is 0 Å². The van der Waals surface area contributed by atoms with E-state index in [4.69, 9.17) is 5.73 Å². The fraction of sp³-hybridized carbons (Fsp3) is 0.222. The molecule has 0 aliphatic rings. The van der Waals surface area contributed by atoms with Crippen LogP contribution in [0.3, 0.4) is 0 Å². The predicted octanol–water partition coefficient (Wildman–Crippen LogP) is 1.17. The van der Waals surface area contributed by atoms with E-state index in [0.717, 1.165) is 18.1 Å². The normalized spacial score (nSPS) is 10.1. The summed E-state index contributed by atoms with van der Waals surface area (Å²) in [4.78, 5) is 7.96. The van der Waals surface area contributed by atoms with Crippen LogP contribution in [0.15, 0.2) is 24.5 Å². The lowest BCUT2D eigenvalue weighted by molar-refractivity contribution is 1.01. The van der Waals surface area contributed by atoms with Crippen molar-refractivity contribution in [3.05, 3.63) is 30.1 Å². The average Bonchev–Trinajstić information content (AvgIpc) is 2.66. The maximum absolute atomic E-state index is 5.40. The molecule has 0 radical (unpaired) electrons. The van der Waals surface area contributed by atoms with Gasteiger partial charge in [-0.1, -0.05) is 0 Å². The number of nitrogens with zero attached hydrogens (tertiary/aromatic N) is 3. The third-order valence-electron chi connectivity index (χ3n) is 1.88. The van der Waals surface area contributed by atoms with Gasteiger partial charge in [0.15, 0.2) is 0 Å². The number of nitrogen functional groups attached to an aromatic ring is 1. The first kappa shape index (κ1) is 9.85. The highest BCUT2D eigenvalue weighted by Crippen LogP contribution is 2.11. The molecule has 6 heteroatoms. The van der Waals surface area contributed by atoms with Crippen LogP contribution in [0.25, 0.3) is 0 Å². The van der Waals surface area contributed by atoms with E-state index in [1.54, 1.807) is 12.4 Å². The van der Waals surface area contributed by atoms with E-state index in [1.165, 1.54) is 17.1 Å². The standard InChI is InChI=1S/C9H11N5S/c10-8-13-9(15-14-8)12-6-3-7-1-4-11-5-2-7/h1-2,4-5H,3,6H2,(H3,10,12,13,14). The van der Waals surface area contributed by atoms with Crippen LogP contribution >= 0.6 is 11.5 Å². The van der Waals surface area contributed by atoms with Gasteiger partial charge in [-0.15, -0.1) is 0 Å². The summed E-state index contributed by atoms with van der Waals surface area (Å²) in [5.74, 6) is 0.325. The van der Waals surface area contributed by atoms with Gasteiger partial charge in [0.05, 0.1) is 0 Å². The molecule has 15 heavy (non-hydrogen) atoms. The second kappa shape index (κ2) is 4.70. The molecular weight excluding hydrogens is 210 g/mol. The molecule has 2 rings (SSSR count). The molecule has 0 fully saturated rings. The summed E-state index contributed by atoms with van der Waals surface area (Å²) in [6.07, 6.45) is 4.51. The van der Waals surface area contributed by atoms with Crippen LogP contribution in [0.5, 0.6) is 0 Å². The smallest absolute Gasteiger partial charge is 0.233 e. The Labute approximate surface area is 91.5 Å². The summed E-state index contributed by atoms with van der Waals surface area (Å²) >= 11 is 1.28. The molecule has 78 valence electrons. The van der Waals surface area contributed by atoms with Gasteiger partial charge in [-0.2, -0.15) is 9.36 Å². The molecule has 0 atom stereocenters. The highest BCUT2D eigenvalue weighted by atomic mass is 32.1. The molecule has 0 spiro atoms. The lowest BCUT2D eigenvalue weighted by atomic mass is 10.2. The summed E-state index contributed by atoms with van der Waals surface area (Å²) in [6, 6.07) is 3.99. The maximum Gasteiger partial charge on any atom is 0.233 e. The fourth-order valence-corrected chi connectivity index (χ4v) is 1.69. The number of hydrogen-bond acceptors (Lipinski definition) is 6. The van der Waals surface area contributed by atoms with Gasteiger partial charge in [0.25, 0.3) is 0 Å². The minimum Gasteiger partial charge on any atom is -0.367 e. The van der Waals surface area contributed by atoms with Gasteiger partial charge >= 0.3 is 0 Å². The molecular formula is C9H11N5S. The number of rotatable bonds is 4. The summed E-state index contributed by atoms with van der Waals surface area (Å²) in [5, 5.41) is 3.92. The van der Waals surface area contributed by atoms with Gasteiger partial charge in [-0.25, -0.2) is 0 Å². The molecule has 0 bridgehead atoms. The zero-order chi connectivity index (χ0) is 10.5. The zero-order valence-electron chi connectivity index (χ0n) is 8.05. The Balaban J connectivity index is 1.80. The van der Waals surface area contributed by atoms with E-state index < -0.39 is 0 Å². The third-order valence-corrected chi connectivity index (χ3v) is 2.57. The number of hydrogen-bond donors (Lipinski definition) is 2. The van der Waals surface area contributed by atoms with E-state index in [2.05, 4.69) is 19.7 Å². The van der Waals surface area contributed by atoms with Crippen molar-refractivity contribution < 1.29 is 0 Å². The quantitative estimate of drug-likeness (QED) is 0.810. The molecule has 5 nitrogen and oxygen atoms in total. The molecule has 0 aliphatic heterocycles. The van der Waals surface area contributed by atoms with Crippen LogP contribution < -0.4 is 11.1 Å². The number of aromatic nitrogens is 3. The van der Waals surface area contributed by atoms with Crippen molar-refractivity contribution in [3.63, 3.8) is 0 Å². The lowest BCUT2D eigenvalue weighted by Crippen LogP contribution is -2.04. The van der Waals surface area contributed by atoms with Crippen molar-refractivity contribution in [3.8, 4) is 0 Å². The van der Waals surface area contributed by atoms with E-state index in [1.807, 2.05) is 12.1 Å². The van der Waals surface area contributed by atoms with Gasteiger partial charge in [0.2, 0.25) is 11.1 Å². The molecule has 0 aliphatic carbocycles. The Morgan fingerprint density at radius 2 is 2.13 bits per heavy atom. The van der Waals surface area contributed by atoms with Gasteiger partial charge in [-0.3, -0.25) is 4.98 Å². The first-order valence-corrected chi connectivity index (χ1v) is 5.34. The third kappa shape index (κ3) is 2.88. The molecule has 0 saturated carbocycles. The van der Waals surface area contributed by atoms with Crippen LogP contribution in [0.2, 0.25) is 0 Å². The number of nitrogens with one attached hydrogen (secondary N) is 1. The number of pyridine rings is 1. The minimum absolute atomic E-state index is 0.325. The van der Waals surface area contributed by atoms with Gasteiger partial charge in [0.1, 0.15) is 0 Å². The van der Waals surface area contributed by atoms with Gasteiger partial charge in [0, 0.05) is 30.5 Å². The monoisotopic (exact) mass is 221 g/mol. The average molecular weight is 221 g/mol. The van der Waals surface area contributed by atoms with Crippen molar-refractivity contribution in [2.24, 2.45) is 0 Å². The molecule has 0 aromatic carbocycles. The summed E-state index contributed by atoms with van der Waals surface area (Å²) in [5.41, 5.74) is 6.65. The van der Waals surface area contributed by atoms with Crippen LogP contribution in [-0.4, -0.2) is 20.9 Å². The fourth-order valence-electron chi connectivity index (χ4n) is 1.17. The zero-order valence-corrected chi connectivity index (χ0v) is 8.87. The largest absolute Gasteiger partial charge is 0.367 e. The number of nitrogens with two attached hydrogens (primary N) is 1. The Morgan fingerprint density at radius 1 is 1.33 bits per heavy atom. The SMILES string of the molecule is Nc1nsc(NCCc2ccncc2)n1. The highest BCUT2D eigenvalue weighted by molar-refractivity contribution is 7.09. The summed E-state index contributed by atoms with van der Waals surface area (Å²) in [6.45, 7) is 0.818. The van der Waals surface area contributed by atoms with Crippen molar-refractivity contribution in [2.45, 2.75) is 6.42 Å². The second-order valence-electron chi connectivity index (χ2n) is 2.99. The van der Waals surface area contributed by atoms with E-state index in [9.17, 15) is 0 Å². The lowest BCUT2D eigenvalue weighted by Gasteiger charge is -2.01. The molecule has 0 amide bonds. The summed E-state index contributed by atoms with van der Waals surface area (Å²) in [7, 11) is 0. The molecule has 0 unspecified atom stereocenters. The minimum atomic E-state index is 0.325. The first-order valence-electron chi connectivity index (χ1n) is 4.56. The Bertz CT molecular complexity index is 413. The van der Waals surface area contributed by atoms with Crippen molar-refractivity contribution in [1.82, 2.24) is 14.3 Å². The van der Waals surface area contributed by atoms with E-state index in [0.29, 0.717) is 5.95 Å². The molecule has 0 saturated heterocycles. The Morgan fingerprint density at radius 3 is 2.80 bits per heavy atom. The van der Waals surface area contributed by atoms with Crippen molar-refractivity contribution in [1.29, 1.82) is 0 Å². The summed E-state index contributed by atoms with van der Waals surface area (Å²) < 4.78 is 3.88. The number of anilines is 2. The van der Waals surface area contributed by atoms with Crippen LogP contribution in [0.4, 0.5) is 11.1 Å². The van der Waals surface area contributed by atoms with Crippen molar-refractivity contribution >= 4 is 22.6 Å². The molecule has 2 aromatic heterocycles. The van der Waals surface area contributed by atoms with Gasteiger partial charge < -0.3 is 11.1 Å². The van der Waals surface area contributed by atoms with Crippen molar-refractivity contribution in [2.75, 3.05) is 17.6 Å².